The van der Waals surface area contributed by atoms with Crippen molar-refractivity contribution in [3.05, 3.63) is 0 Å². The first kappa shape index (κ1) is 13.4. The van der Waals surface area contributed by atoms with Crippen LogP contribution in [-0.4, -0.2) is 50.2 Å². The van der Waals surface area contributed by atoms with Gasteiger partial charge in [-0.25, -0.2) is 0 Å². The van der Waals surface area contributed by atoms with Gasteiger partial charge in [-0.2, -0.15) is 0 Å². The summed E-state index contributed by atoms with van der Waals surface area (Å²) < 4.78 is 5.14. The van der Waals surface area contributed by atoms with Crippen molar-refractivity contribution < 1.29 is 9.53 Å². The number of nitrogens with one attached hydrogen (secondary N) is 1. The fraction of sp³-hybridized carbons (Fsp3) is 0.900. The first-order chi connectivity index (χ1) is 6.76. The highest BCUT2D eigenvalue weighted by Gasteiger charge is 2.07. The van der Waals surface area contributed by atoms with Crippen LogP contribution in [0.5, 0.6) is 0 Å². The van der Waals surface area contributed by atoms with Gasteiger partial charge in [0.1, 0.15) is 0 Å². The number of nitrogens with zero attached hydrogens (tertiary/aromatic N) is 1. The van der Waals surface area contributed by atoms with Crippen LogP contribution in [0.25, 0.3) is 0 Å². The molecule has 0 unspecified atom stereocenters. The highest BCUT2D eigenvalue weighted by Crippen LogP contribution is 1.86. The number of hydrogen-bond acceptors (Lipinski definition) is 3. The van der Waals surface area contributed by atoms with Gasteiger partial charge >= 0.3 is 0 Å². The standard InChI is InChI=1S/C10H22N2O2/c1-4-12(5-2)10(13)9-11-7-8-14-6-3/h11H,4-9H2,1-3H3. The Morgan fingerprint density at radius 2 is 1.93 bits per heavy atom. The zero-order valence-electron chi connectivity index (χ0n) is 9.51. The quantitative estimate of drug-likeness (QED) is 0.582. The van der Waals surface area contributed by atoms with Gasteiger partial charge in [-0.3, -0.25) is 4.79 Å². The van der Waals surface area contributed by atoms with Gasteiger partial charge in [-0.1, -0.05) is 0 Å². The first-order valence-corrected chi connectivity index (χ1v) is 5.32. The van der Waals surface area contributed by atoms with Crippen LogP contribution in [0.2, 0.25) is 0 Å². The molecule has 0 aliphatic heterocycles. The minimum Gasteiger partial charge on any atom is -0.380 e. The number of ether oxygens (including phenoxy) is 1. The number of rotatable bonds is 8. The molecule has 0 saturated carbocycles. The zero-order valence-corrected chi connectivity index (χ0v) is 9.51. The van der Waals surface area contributed by atoms with Crippen molar-refractivity contribution in [2.24, 2.45) is 0 Å². The van der Waals surface area contributed by atoms with Crippen molar-refractivity contribution >= 4 is 5.91 Å². The number of hydrogen-bond donors (Lipinski definition) is 1. The molecule has 0 fully saturated rings. The highest BCUT2D eigenvalue weighted by molar-refractivity contribution is 5.78. The summed E-state index contributed by atoms with van der Waals surface area (Å²) in [7, 11) is 0. The van der Waals surface area contributed by atoms with E-state index in [0.29, 0.717) is 13.2 Å². The molecule has 1 N–H and O–H groups in total. The summed E-state index contributed by atoms with van der Waals surface area (Å²) in [6.07, 6.45) is 0. The van der Waals surface area contributed by atoms with Crippen LogP contribution in [-0.2, 0) is 9.53 Å². The van der Waals surface area contributed by atoms with Crippen molar-refractivity contribution in [2.75, 3.05) is 39.4 Å². The molecule has 0 aromatic rings. The molecule has 0 rings (SSSR count). The summed E-state index contributed by atoms with van der Waals surface area (Å²) in [5.41, 5.74) is 0. The average Bonchev–Trinajstić information content (AvgIpc) is 2.19. The van der Waals surface area contributed by atoms with Crippen LogP contribution < -0.4 is 5.32 Å². The molecule has 0 aliphatic carbocycles. The van der Waals surface area contributed by atoms with Crippen molar-refractivity contribution in [3.63, 3.8) is 0 Å². The molecule has 4 heteroatoms. The molecule has 14 heavy (non-hydrogen) atoms. The molecule has 0 radical (unpaired) electrons. The lowest BCUT2D eigenvalue weighted by atomic mass is 10.4. The summed E-state index contributed by atoms with van der Waals surface area (Å²) >= 11 is 0. The average molecular weight is 202 g/mol. The maximum Gasteiger partial charge on any atom is 0.236 e. The largest absolute Gasteiger partial charge is 0.380 e. The van der Waals surface area contributed by atoms with Crippen LogP contribution in [0.1, 0.15) is 20.8 Å². The van der Waals surface area contributed by atoms with E-state index in [2.05, 4.69) is 5.32 Å². The first-order valence-electron chi connectivity index (χ1n) is 5.32. The van der Waals surface area contributed by atoms with Crippen molar-refractivity contribution in [2.45, 2.75) is 20.8 Å². The summed E-state index contributed by atoms with van der Waals surface area (Å²) in [6, 6.07) is 0. The lowest BCUT2D eigenvalue weighted by Crippen LogP contribution is -2.38. The van der Waals surface area contributed by atoms with Crippen molar-refractivity contribution in [1.82, 2.24) is 10.2 Å². The number of likely N-dealkylation sites (N-methyl/N-ethyl adjacent to an activating group) is 1. The summed E-state index contributed by atoms with van der Waals surface area (Å²) in [6.45, 7) is 10.0. The summed E-state index contributed by atoms with van der Waals surface area (Å²) in [5, 5.41) is 3.05. The molecular weight excluding hydrogens is 180 g/mol. The monoisotopic (exact) mass is 202 g/mol. The second kappa shape index (κ2) is 8.97. The van der Waals surface area contributed by atoms with E-state index in [4.69, 9.17) is 4.74 Å². The number of carbonyl (C=O) groups is 1. The molecule has 0 heterocycles. The van der Waals surface area contributed by atoms with Gasteiger partial charge in [0.25, 0.3) is 0 Å². The van der Waals surface area contributed by atoms with Crippen LogP contribution >= 0.6 is 0 Å². The Morgan fingerprint density at radius 1 is 1.29 bits per heavy atom. The molecule has 1 amide bonds. The summed E-state index contributed by atoms with van der Waals surface area (Å²) in [5.74, 6) is 0.159. The molecule has 0 aromatic heterocycles. The van der Waals surface area contributed by atoms with Gasteiger partial charge in [0.05, 0.1) is 13.2 Å². The second-order valence-electron chi connectivity index (χ2n) is 2.94. The Bertz CT molecular complexity index is 147. The lowest BCUT2D eigenvalue weighted by molar-refractivity contribution is -0.129. The van der Waals surface area contributed by atoms with E-state index < -0.39 is 0 Å². The van der Waals surface area contributed by atoms with Crippen LogP contribution in [0.15, 0.2) is 0 Å². The maximum absolute atomic E-state index is 11.5. The summed E-state index contributed by atoms with van der Waals surface area (Å²) in [4.78, 5) is 13.3. The van der Waals surface area contributed by atoms with E-state index in [9.17, 15) is 4.79 Å². The van der Waals surface area contributed by atoms with Gasteiger partial charge < -0.3 is 15.0 Å². The lowest BCUT2D eigenvalue weighted by Gasteiger charge is -2.18. The highest BCUT2D eigenvalue weighted by atomic mass is 16.5. The van der Waals surface area contributed by atoms with Gasteiger partial charge in [-0.05, 0) is 20.8 Å². The number of carbonyl (C=O) groups excluding carboxylic acids is 1. The third kappa shape index (κ3) is 5.94. The van der Waals surface area contributed by atoms with Crippen molar-refractivity contribution in [1.29, 1.82) is 0 Å². The van der Waals surface area contributed by atoms with Crippen molar-refractivity contribution in [3.8, 4) is 0 Å². The minimum absolute atomic E-state index is 0.159. The smallest absolute Gasteiger partial charge is 0.236 e. The molecule has 84 valence electrons. The molecule has 0 aromatic carbocycles. The predicted molar refractivity (Wildman–Crippen MR) is 57.3 cm³/mol. The molecule has 4 nitrogen and oxygen atoms in total. The van der Waals surface area contributed by atoms with Crippen LogP contribution in [0, 0.1) is 0 Å². The molecule has 0 atom stereocenters. The van der Waals surface area contributed by atoms with E-state index in [1.165, 1.54) is 0 Å². The normalized spacial score (nSPS) is 10.2. The van der Waals surface area contributed by atoms with Crippen LogP contribution in [0.3, 0.4) is 0 Å². The van der Waals surface area contributed by atoms with E-state index in [-0.39, 0.29) is 5.91 Å². The molecule has 0 saturated heterocycles. The van der Waals surface area contributed by atoms with Gasteiger partial charge in [0.2, 0.25) is 5.91 Å². The maximum atomic E-state index is 11.5. The van der Waals surface area contributed by atoms with Gasteiger partial charge in [-0.15, -0.1) is 0 Å². The van der Waals surface area contributed by atoms with E-state index in [1.807, 2.05) is 25.7 Å². The minimum atomic E-state index is 0.159. The van der Waals surface area contributed by atoms with Gasteiger partial charge in [0.15, 0.2) is 0 Å². The van der Waals surface area contributed by atoms with E-state index in [0.717, 1.165) is 26.2 Å². The topological polar surface area (TPSA) is 41.6 Å². The fourth-order valence-corrected chi connectivity index (χ4v) is 1.17. The molecular formula is C10H22N2O2. The molecule has 0 aliphatic rings. The Morgan fingerprint density at radius 3 is 2.43 bits per heavy atom. The number of amides is 1. The molecule has 0 spiro atoms. The Labute approximate surface area is 86.6 Å². The Kier molecular flexibility index (Phi) is 8.57. The zero-order chi connectivity index (χ0) is 10.8. The third-order valence-corrected chi connectivity index (χ3v) is 2.02. The van der Waals surface area contributed by atoms with E-state index in [1.54, 1.807) is 0 Å². The van der Waals surface area contributed by atoms with Gasteiger partial charge in [0, 0.05) is 26.2 Å². The molecule has 0 bridgehead atoms. The second-order valence-corrected chi connectivity index (χ2v) is 2.94. The SMILES string of the molecule is CCOCCNCC(=O)N(CC)CC. The van der Waals surface area contributed by atoms with E-state index >= 15 is 0 Å². The fourth-order valence-electron chi connectivity index (χ4n) is 1.17. The predicted octanol–water partition coefficient (Wildman–Crippen LogP) is 0.481. The third-order valence-electron chi connectivity index (χ3n) is 2.02. The Hall–Kier alpha value is -0.610. The van der Waals surface area contributed by atoms with Crippen LogP contribution in [0.4, 0.5) is 0 Å². The Balaban J connectivity index is 3.43.